The normalized spacial score (nSPS) is 10.8. The molecule has 2 heterocycles. The molecule has 2 aromatic heterocycles. The number of hydrogen-bond acceptors (Lipinski definition) is 4. The van der Waals surface area contributed by atoms with Crippen LogP contribution in [0, 0.1) is 6.92 Å². The summed E-state index contributed by atoms with van der Waals surface area (Å²) in [6.07, 6.45) is 0. The van der Waals surface area contributed by atoms with Gasteiger partial charge in [0.15, 0.2) is 0 Å². The monoisotopic (exact) mass is 272 g/mol. The van der Waals surface area contributed by atoms with Gasteiger partial charge >= 0.3 is 0 Å². The van der Waals surface area contributed by atoms with E-state index in [9.17, 15) is 0 Å². The van der Waals surface area contributed by atoms with E-state index in [0.717, 1.165) is 20.8 Å². The highest BCUT2D eigenvalue weighted by Crippen LogP contribution is 2.31. The lowest BCUT2D eigenvalue weighted by atomic mass is 10.3. The highest BCUT2D eigenvalue weighted by atomic mass is 79.9. The first-order valence-electron chi connectivity index (χ1n) is 4.11. The molecule has 0 aromatic carbocycles. The molecule has 0 atom stereocenters. The van der Waals surface area contributed by atoms with Gasteiger partial charge in [-0.1, -0.05) is 0 Å². The maximum atomic E-state index is 5.45. The van der Waals surface area contributed by atoms with Crippen molar-refractivity contribution in [2.45, 2.75) is 13.5 Å². The van der Waals surface area contributed by atoms with Crippen LogP contribution in [0.3, 0.4) is 0 Å². The van der Waals surface area contributed by atoms with Gasteiger partial charge in [0.2, 0.25) is 5.89 Å². The summed E-state index contributed by atoms with van der Waals surface area (Å²) in [4.78, 5) is 5.40. The van der Waals surface area contributed by atoms with Gasteiger partial charge in [0.25, 0.3) is 0 Å². The van der Waals surface area contributed by atoms with E-state index in [1.165, 1.54) is 0 Å². The Morgan fingerprint density at radius 2 is 2.43 bits per heavy atom. The van der Waals surface area contributed by atoms with Crippen molar-refractivity contribution in [2.75, 3.05) is 0 Å². The van der Waals surface area contributed by atoms with Crippen LogP contribution in [0.5, 0.6) is 0 Å². The lowest BCUT2D eigenvalue weighted by Crippen LogP contribution is -1.95. The van der Waals surface area contributed by atoms with Crippen molar-refractivity contribution < 1.29 is 4.42 Å². The second-order valence-electron chi connectivity index (χ2n) is 2.85. The van der Waals surface area contributed by atoms with Crippen LogP contribution in [0.25, 0.3) is 10.6 Å². The number of halogens is 1. The quantitative estimate of drug-likeness (QED) is 0.915. The van der Waals surface area contributed by atoms with Gasteiger partial charge in [0, 0.05) is 9.85 Å². The summed E-state index contributed by atoms with van der Waals surface area (Å²) in [5, 5.41) is 2.02. The maximum absolute atomic E-state index is 5.45. The van der Waals surface area contributed by atoms with Crippen LogP contribution in [-0.4, -0.2) is 4.98 Å². The molecule has 2 aromatic rings. The summed E-state index contributed by atoms with van der Waals surface area (Å²) < 4.78 is 6.45. The third-order valence-electron chi connectivity index (χ3n) is 1.82. The van der Waals surface area contributed by atoms with Crippen LogP contribution < -0.4 is 5.73 Å². The Morgan fingerprint density at radius 3 is 2.93 bits per heavy atom. The van der Waals surface area contributed by atoms with E-state index in [1.807, 2.05) is 18.4 Å². The molecule has 2 N–H and O–H groups in total. The van der Waals surface area contributed by atoms with Gasteiger partial charge in [-0.15, -0.1) is 11.3 Å². The minimum atomic E-state index is 0.341. The minimum absolute atomic E-state index is 0.341. The van der Waals surface area contributed by atoms with Gasteiger partial charge in [-0.3, -0.25) is 0 Å². The highest BCUT2D eigenvalue weighted by molar-refractivity contribution is 9.10. The standard InChI is InChI=1S/C9H9BrN2OS/c1-5-9(12-8(3-11)13-5)7-2-6(10)4-14-7/h2,4H,3,11H2,1H3. The Morgan fingerprint density at radius 1 is 1.64 bits per heavy atom. The van der Waals surface area contributed by atoms with Crippen molar-refractivity contribution in [1.29, 1.82) is 0 Å². The zero-order chi connectivity index (χ0) is 10.1. The van der Waals surface area contributed by atoms with E-state index < -0.39 is 0 Å². The number of nitrogens with two attached hydrogens (primary N) is 1. The molecule has 2 rings (SSSR count). The van der Waals surface area contributed by atoms with E-state index >= 15 is 0 Å². The summed E-state index contributed by atoms with van der Waals surface area (Å²) in [7, 11) is 0. The Balaban J connectivity index is 2.45. The minimum Gasteiger partial charge on any atom is -0.444 e. The molecule has 74 valence electrons. The van der Waals surface area contributed by atoms with Gasteiger partial charge in [-0.25, -0.2) is 4.98 Å². The highest BCUT2D eigenvalue weighted by Gasteiger charge is 2.11. The summed E-state index contributed by atoms with van der Waals surface area (Å²) in [6.45, 7) is 2.24. The van der Waals surface area contributed by atoms with Gasteiger partial charge in [0.1, 0.15) is 11.5 Å². The second-order valence-corrected chi connectivity index (χ2v) is 4.67. The molecule has 0 fully saturated rings. The lowest BCUT2D eigenvalue weighted by Gasteiger charge is -1.88. The fourth-order valence-electron chi connectivity index (χ4n) is 1.20. The van der Waals surface area contributed by atoms with Crippen molar-refractivity contribution >= 4 is 27.3 Å². The Hall–Kier alpha value is -0.650. The molecule has 5 heteroatoms. The third kappa shape index (κ3) is 1.75. The summed E-state index contributed by atoms with van der Waals surface area (Å²) >= 11 is 5.04. The molecule has 0 radical (unpaired) electrons. The molecular formula is C9H9BrN2OS. The van der Waals surface area contributed by atoms with Crippen LogP contribution >= 0.6 is 27.3 Å². The maximum Gasteiger partial charge on any atom is 0.208 e. The zero-order valence-corrected chi connectivity index (χ0v) is 9.98. The lowest BCUT2D eigenvalue weighted by molar-refractivity contribution is 0.474. The molecule has 3 nitrogen and oxygen atoms in total. The molecular weight excluding hydrogens is 264 g/mol. The Bertz CT molecular complexity index is 449. The predicted octanol–water partition coefficient (Wildman–Crippen LogP) is 2.93. The van der Waals surface area contributed by atoms with Gasteiger partial charge in [0.05, 0.1) is 11.4 Å². The van der Waals surface area contributed by atoms with E-state index in [2.05, 4.69) is 20.9 Å². The van der Waals surface area contributed by atoms with Crippen LogP contribution in [0.1, 0.15) is 11.7 Å². The average molecular weight is 273 g/mol. The molecule has 14 heavy (non-hydrogen) atoms. The SMILES string of the molecule is Cc1oc(CN)nc1-c1cc(Br)cs1. The van der Waals surface area contributed by atoms with E-state index in [4.69, 9.17) is 10.2 Å². The van der Waals surface area contributed by atoms with E-state index in [-0.39, 0.29) is 0 Å². The van der Waals surface area contributed by atoms with Crippen molar-refractivity contribution in [2.24, 2.45) is 5.73 Å². The number of oxazole rings is 1. The van der Waals surface area contributed by atoms with Gasteiger partial charge in [-0.2, -0.15) is 0 Å². The number of aromatic nitrogens is 1. The summed E-state index contributed by atoms with van der Waals surface area (Å²) in [6, 6.07) is 2.02. The average Bonchev–Trinajstić information content (AvgIpc) is 2.71. The van der Waals surface area contributed by atoms with Crippen LogP contribution in [0.2, 0.25) is 0 Å². The van der Waals surface area contributed by atoms with Crippen molar-refractivity contribution in [3.8, 4) is 10.6 Å². The Labute approximate surface area is 94.1 Å². The molecule has 0 amide bonds. The number of thiophene rings is 1. The zero-order valence-electron chi connectivity index (χ0n) is 7.58. The van der Waals surface area contributed by atoms with Crippen molar-refractivity contribution in [1.82, 2.24) is 4.98 Å². The predicted molar refractivity (Wildman–Crippen MR) is 60.1 cm³/mol. The topological polar surface area (TPSA) is 52.0 Å². The van der Waals surface area contributed by atoms with E-state index in [0.29, 0.717) is 12.4 Å². The van der Waals surface area contributed by atoms with Gasteiger partial charge < -0.3 is 10.2 Å². The van der Waals surface area contributed by atoms with Crippen LogP contribution in [0.4, 0.5) is 0 Å². The molecule has 0 aliphatic heterocycles. The Kier molecular flexibility index (Phi) is 2.71. The first-order valence-corrected chi connectivity index (χ1v) is 5.78. The molecule has 0 bridgehead atoms. The summed E-state index contributed by atoms with van der Waals surface area (Å²) in [5.74, 6) is 1.40. The van der Waals surface area contributed by atoms with Crippen LogP contribution in [-0.2, 0) is 6.54 Å². The van der Waals surface area contributed by atoms with Crippen molar-refractivity contribution in [3.05, 3.63) is 27.6 Å². The number of aryl methyl sites for hydroxylation is 1. The fourth-order valence-corrected chi connectivity index (χ4v) is 2.67. The largest absolute Gasteiger partial charge is 0.444 e. The number of rotatable bonds is 2. The van der Waals surface area contributed by atoms with Gasteiger partial charge in [-0.05, 0) is 28.9 Å². The molecule has 0 saturated carbocycles. The first-order chi connectivity index (χ1) is 6.70. The molecule has 0 aliphatic carbocycles. The third-order valence-corrected chi connectivity index (χ3v) is 3.51. The summed E-state index contributed by atoms with van der Waals surface area (Å²) in [5.41, 5.74) is 6.34. The molecule has 0 unspecified atom stereocenters. The van der Waals surface area contributed by atoms with E-state index in [1.54, 1.807) is 11.3 Å². The fraction of sp³-hybridized carbons (Fsp3) is 0.222. The molecule has 0 saturated heterocycles. The second kappa shape index (κ2) is 3.84. The smallest absolute Gasteiger partial charge is 0.208 e. The molecule has 0 aliphatic rings. The molecule has 0 spiro atoms. The van der Waals surface area contributed by atoms with Crippen molar-refractivity contribution in [3.63, 3.8) is 0 Å². The number of nitrogens with zero attached hydrogens (tertiary/aromatic N) is 1. The van der Waals surface area contributed by atoms with Crippen LogP contribution in [0.15, 0.2) is 20.3 Å². The first kappa shape index (κ1) is 9.89. The number of hydrogen-bond donors (Lipinski definition) is 1.